The van der Waals surface area contributed by atoms with Gasteiger partial charge < -0.3 is 15.8 Å². The van der Waals surface area contributed by atoms with Crippen molar-refractivity contribution < 1.29 is 9.53 Å². The number of ether oxygens (including phenoxy) is 1. The van der Waals surface area contributed by atoms with E-state index in [0.717, 1.165) is 0 Å². The Bertz CT molecular complexity index is 624. The smallest absolute Gasteiger partial charge is 0.221 e. The van der Waals surface area contributed by atoms with E-state index < -0.39 is 0 Å². The van der Waals surface area contributed by atoms with Gasteiger partial charge in [0.1, 0.15) is 11.6 Å². The first-order chi connectivity index (χ1) is 9.02. The molecule has 0 aliphatic carbocycles. The molecular formula is C12H13ClN4O2. The van der Waals surface area contributed by atoms with Crippen LogP contribution in [0.2, 0.25) is 5.02 Å². The van der Waals surface area contributed by atoms with Crippen molar-refractivity contribution in [1.82, 2.24) is 10.2 Å². The number of aromatic nitrogens is 2. The second kappa shape index (κ2) is 5.19. The van der Waals surface area contributed by atoms with Gasteiger partial charge in [-0.25, -0.2) is 0 Å². The van der Waals surface area contributed by atoms with E-state index in [9.17, 15) is 4.79 Å². The quantitative estimate of drug-likeness (QED) is 0.804. The van der Waals surface area contributed by atoms with E-state index in [1.54, 1.807) is 18.2 Å². The van der Waals surface area contributed by atoms with Crippen LogP contribution in [0.5, 0.6) is 5.75 Å². The normalized spacial score (nSPS) is 10.3. The summed E-state index contributed by atoms with van der Waals surface area (Å²) in [6, 6.07) is 4.99. The van der Waals surface area contributed by atoms with E-state index in [1.165, 1.54) is 14.0 Å². The molecule has 0 radical (unpaired) electrons. The third-order valence-electron chi connectivity index (χ3n) is 2.50. The van der Waals surface area contributed by atoms with Crippen LogP contribution in [-0.4, -0.2) is 23.2 Å². The van der Waals surface area contributed by atoms with Crippen molar-refractivity contribution in [2.24, 2.45) is 0 Å². The molecular weight excluding hydrogens is 268 g/mol. The van der Waals surface area contributed by atoms with Gasteiger partial charge in [-0.1, -0.05) is 11.6 Å². The van der Waals surface area contributed by atoms with E-state index >= 15 is 0 Å². The maximum Gasteiger partial charge on any atom is 0.221 e. The highest BCUT2D eigenvalue weighted by molar-refractivity contribution is 6.34. The number of amides is 1. The van der Waals surface area contributed by atoms with Crippen LogP contribution in [0.3, 0.4) is 0 Å². The van der Waals surface area contributed by atoms with E-state index in [1.807, 2.05) is 0 Å². The Kier molecular flexibility index (Phi) is 3.62. The molecule has 4 N–H and O–H groups in total. The first-order valence-corrected chi connectivity index (χ1v) is 5.86. The Morgan fingerprint density at radius 1 is 1.53 bits per heavy atom. The summed E-state index contributed by atoms with van der Waals surface area (Å²) in [5, 5.41) is 9.77. The van der Waals surface area contributed by atoms with Gasteiger partial charge in [-0.3, -0.25) is 9.89 Å². The summed E-state index contributed by atoms with van der Waals surface area (Å²) in [7, 11) is 1.51. The Labute approximate surface area is 114 Å². The molecule has 0 saturated carbocycles. The van der Waals surface area contributed by atoms with E-state index in [0.29, 0.717) is 33.5 Å². The minimum absolute atomic E-state index is 0.227. The van der Waals surface area contributed by atoms with Crippen molar-refractivity contribution in [3.63, 3.8) is 0 Å². The van der Waals surface area contributed by atoms with Crippen LogP contribution in [0.4, 0.5) is 11.5 Å². The lowest BCUT2D eigenvalue weighted by atomic mass is 10.1. The highest BCUT2D eigenvalue weighted by Gasteiger charge is 2.17. The highest BCUT2D eigenvalue weighted by atomic mass is 35.5. The third kappa shape index (κ3) is 2.63. The standard InChI is InChI=1S/C12H13ClN4O2/c1-6(18)15-12-9(19-2)4-3-7(13)11(12)8-5-10(14)17-16-8/h3-5H,1-2H3,(H,15,18)(H3,14,16,17). The molecule has 19 heavy (non-hydrogen) atoms. The average Bonchev–Trinajstić information content (AvgIpc) is 2.75. The Balaban J connectivity index is 2.65. The first kappa shape index (κ1) is 13.2. The second-order valence-electron chi connectivity index (χ2n) is 3.89. The molecule has 0 spiro atoms. The predicted molar refractivity (Wildman–Crippen MR) is 74.3 cm³/mol. The molecule has 7 heteroatoms. The van der Waals surface area contributed by atoms with E-state index in [2.05, 4.69) is 15.5 Å². The number of nitrogens with one attached hydrogen (secondary N) is 2. The van der Waals surface area contributed by atoms with Gasteiger partial charge in [-0.15, -0.1) is 0 Å². The van der Waals surface area contributed by atoms with Gasteiger partial charge in [0.25, 0.3) is 0 Å². The fourth-order valence-corrected chi connectivity index (χ4v) is 2.02. The Morgan fingerprint density at radius 2 is 2.26 bits per heavy atom. The van der Waals surface area contributed by atoms with Gasteiger partial charge in [0.05, 0.1) is 23.5 Å². The number of carbonyl (C=O) groups excluding carboxylic acids is 1. The maximum atomic E-state index is 11.3. The summed E-state index contributed by atoms with van der Waals surface area (Å²) in [6.07, 6.45) is 0. The number of carbonyl (C=O) groups is 1. The fraction of sp³-hybridized carbons (Fsp3) is 0.167. The van der Waals surface area contributed by atoms with Crippen molar-refractivity contribution in [2.45, 2.75) is 6.92 Å². The molecule has 2 aromatic rings. The lowest BCUT2D eigenvalue weighted by molar-refractivity contribution is -0.114. The summed E-state index contributed by atoms with van der Waals surface area (Å²) in [5.74, 6) is 0.611. The van der Waals surface area contributed by atoms with Crippen LogP contribution in [0.25, 0.3) is 11.3 Å². The summed E-state index contributed by atoms with van der Waals surface area (Å²) in [4.78, 5) is 11.3. The van der Waals surface area contributed by atoms with Crippen molar-refractivity contribution in [1.29, 1.82) is 0 Å². The van der Waals surface area contributed by atoms with Crippen LogP contribution in [-0.2, 0) is 4.79 Å². The number of aromatic amines is 1. The molecule has 0 aliphatic rings. The lowest BCUT2D eigenvalue weighted by Gasteiger charge is -2.14. The molecule has 0 atom stereocenters. The number of H-pyrrole nitrogens is 1. The summed E-state index contributed by atoms with van der Waals surface area (Å²) >= 11 is 6.19. The number of hydrogen-bond donors (Lipinski definition) is 3. The molecule has 0 unspecified atom stereocenters. The van der Waals surface area contributed by atoms with Crippen molar-refractivity contribution in [3.05, 3.63) is 23.2 Å². The number of benzene rings is 1. The van der Waals surface area contributed by atoms with Crippen molar-refractivity contribution in [2.75, 3.05) is 18.2 Å². The van der Waals surface area contributed by atoms with Gasteiger partial charge in [0.2, 0.25) is 5.91 Å². The Hall–Kier alpha value is -2.21. The minimum atomic E-state index is -0.227. The second-order valence-corrected chi connectivity index (χ2v) is 4.29. The monoisotopic (exact) mass is 280 g/mol. The molecule has 0 bridgehead atoms. The maximum absolute atomic E-state index is 11.3. The molecule has 6 nitrogen and oxygen atoms in total. The highest BCUT2D eigenvalue weighted by Crippen LogP contribution is 2.40. The number of nitrogen functional groups attached to an aromatic ring is 1. The molecule has 1 aromatic heterocycles. The van der Waals surface area contributed by atoms with E-state index in [-0.39, 0.29) is 5.91 Å². The molecule has 0 saturated heterocycles. The van der Waals surface area contributed by atoms with Crippen LogP contribution in [0, 0.1) is 0 Å². The first-order valence-electron chi connectivity index (χ1n) is 5.48. The molecule has 1 heterocycles. The number of nitrogens with two attached hydrogens (primary N) is 1. The average molecular weight is 281 g/mol. The van der Waals surface area contributed by atoms with Gasteiger partial charge in [-0.2, -0.15) is 5.10 Å². The number of anilines is 2. The lowest BCUT2D eigenvalue weighted by Crippen LogP contribution is -2.09. The molecule has 1 aromatic carbocycles. The van der Waals surface area contributed by atoms with E-state index in [4.69, 9.17) is 22.1 Å². The van der Waals surface area contributed by atoms with Crippen LogP contribution in [0.15, 0.2) is 18.2 Å². The fourth-order valence-electron chi connectivity index (χ4n) is 1.76. The zero-order chi connectivity index (χ0) is 14.0. The topological polar surface area (TPSA) is 93.0 Å². The molecule has 1 amide bonds. The minimum Gasteiger partial charge on any atom is -0.495 e. The molecule has 100 valence electrons. The van der Waals surface area contributed by atoms with Crippen LogP contribution < -0.4 is 15.8 Å². The largest absolute Gasteiger partial charge is 0.495 e. The number of hydrogen-bond acceptors (Lipinski definition) is 4. The zero-order valence-electron chi connectivity index (χ0n) is 10.5. The van der Waals surface area contributed by atoms with Crippen LogP contribution in [0.1, 0.15) is 6.92 Å². The molecule has 2 rings (SSSR count). The van der Waals surface area contributed by atoms with Gasteiger partial charge in [-0.05, 0) is 12.1 Å². The number of methoxy groups -OCH3 is 1. The number of rotatable bonds is 3. The summed E-state index contributed by atoms with van der Waals surface area (Å²) < 4.78 is 5.23. The van der Waals surface area contributed by atoms with Crippen molar-refractivity contribution >= 4 is 29.0 Å². The SMILES string of the molecule is COc1ccc(Cl)c(-c2cc(N)n[nH]2)c1NC(C)=O. The molecule has 0 aliphatic heterocycles. The summed E-state index contributed by atoms with van der Waals surface area (Å²) in [6.45, 7) is 1.41. The predicted octanol–water partition coefficient (Wildman–Crippen LogP) is 2.28. The number of halogens is 1. The summed E-state index contributed by atoms with van der Waals surface area (Å²) in [5.41, 5.74) is 7.25. The Morgan fingerprint density at radius 3 is 2.79 bits per heavy atom. The van der Waals surface area contributed by atoms with Gasteiger partial charge >= 0.3 is 0 Å². The van der Waals surface area contributed by atoms with Gasteiger partial charge in [0.15, 0.2) is 0 Å². The van der Waals surface area contributed by atoms with Crippen LogP contribution >= 0.6 is 11.6 Å². The number of nitrogens with zero attached hydrogens (tertiary/aromatic N) is 1. The third-order valence-corrected chi connectivity index (χ3v) is 2.82. The molecule has 0 fully saturated rings. The van der Waals surface area contributed by atoms with Gasteiger partial charge in [0, 0.05) is 18.6 Å². The zero-order valence-corrected chi connectivity index (χ0v) is 11.2. The van der Waals surface area contributed by atoms with Crippen molar-refractivity contribution in [3.8, 4) is 17.0 Å².